The zero-order valence-corrected chi connectivity index (χ0v) is 11.1. The molecule has 0 bridgehead atoms. The summed E-state index contributed by atoms with van der Waals surface area (Å²) in [5, 5.41) is 3.11. The maximum absolute atomic E-state index is 12.0. The summed E-state index contributed by atoms with van der Waals surface area (Å²) in [6.45, 7) is -2.85. The Morgan fingerprint density at radius 1 is 1.20 bits per heavy atom. The topological polar surface area (TPSA) is 56.3 Å². The lowest BCUT2D eigenvalue weighted by Gasteiger charge is -2.11. The maximum Gasteiger partial charge on any atom is 0.387 e. The molecule has 0 unspecified atom stereocenters. The zero-order valence-electron chi connectivity index (χ0n) is 10.3. The van der Waals surface area contributed by atoms with Crippen molar-refractivity contribution in [2.45, 2.75) is 6.61 Å². The molecule has 1 aromatic heterocycles. The zero-order chi connectivity index (χ0) is 14.5. The van der Waals surface area contributed by atoms with E-state index >= 15 is 0 Å². The fraction of sp³-hybridized carbons (Fsp3) is 0.167. The van der Waals surface area contributed by atoms with E-state index in [0.29, 0.717) is 17.3 Å². The summed E-state index contributed by atoms with van der Waals surface area (Å²) in [4.78, 5) is 7.78. The van der Waals surface area contributed by atoms with Crippen LogP contribution in [0.4, 0.5) is 20.3 Å². The number of aromatic nitrogens is 2. The minimum atomic E-state index is -2.85. The first kappa shape index (κ1) is 14.3. The molecule has 0 amide bonds. The summed E-state index contributed by atoms with van der Waals surface area (Å²) in [6.07, 6.45) is 1.28. The number of hydrogen-bond acceptors (Lipinski definition) is 5. The molecule has 2 aromatic rings. The molecule has 0 aliphatic rings. The molecule has 106 valence electrons. The molecule has 0 saturated carbocycles. The second-order valence-corrected chi connectivity index (χ2v) is 3.93. The standard InChI is InChI=1S/C12H10ClF2N3O2/c1-19-9-10(13)16-6-17-11(9)18-7-2-4-8(5-3-7)20-12(14)15/h2-6,12H,1H3,(H,16,17,18). The number of alkyl halides is 2. The van der Waals surface area contributed by atoms with E-state index in [2.05, 4.69) is 20.0 Å². The monoisotopic (exact) mass is 301 g/mol. The molecule has 0 aliphatic heterocycles. The summed E-state index contributed by atoms with van der Waals surface area (Å²) < 4.78 is 33.4. The Balaban J connectivity index is 2.16. The molecule has 1 heterocycles. The largest absolute Gasteiger partial charge is 0.490 e. The van der Waals surface area contributed by atoms with Crippen molar-refractivity contribution >= 4 is 23.1 Å². The predicted octanol–water partition coefficient (Wildman–Crippen LogP) is 3.48. The van der Waals surface area contributed by atoms with Crippen molar-refractivity contribution in [2.24, 2.45) is 0 Å². The molecule has 0 fully saturated rings. The molecule has 5 nitrogen and oxygen atoms in total. The summed E-state index contributed by atoms with van der Waals surface area (Å²) in [7, 11) is 1.44. The second-order valence-electron chi connectivity index (χ2n) is 3.57. The Morgan fingerprint density at radius 3 is 2.50 bits per heavy atom. The van der Waals surface area contributed by atoms with Crippen molar-refractivity contribution in [1.29, 1.82) is 0 Å². The van der Waals surface area contributed by atoms with Gasteiger partial charge in [-0.1, -0.05) is 11.6 Å². The molecule has 2 rings (SSSR count). The molecule has 8 heteroatoms. The van der Waals surface area contributed by atoms with Crippen LogP contribution in [0.2, 0.25) is 5.15 Å². The Morgan fingerprint density at radius 2 is 1.90 bits per heavy atom. The van der Waals surface area contributed by atoms with Crippen molar-refractivity contribution in [3.63, 3.8) is 0 Å². The summed E-state index contributed by atoms with van der Waals surface area (Å²) in [5.41, 5.74) is 0.611. The van der Waals surface area contributed by atoms with Crippen LogP contribution in [0.1, 0.15) is 0 Å². The predicted molar refractivity (Wildman–Crippen MR) is 70.0 cm³/mol. The third kappa shape index (κ3) is 3.45. The first-order valence-corrected chi connectivity index (χ1v) is 5.84. The number of rotatable bonds is 5. The number of anilines is 2. The van der Waals surface area contributed by atoms with Gasteiger partial charge in [0.1, 0.15) is 12.1 Å². The highest BCUT2D eigenvalue weighted by Gasteiger charge is 2.10. The van der Waals surface area contributed by atoms with Gasteiger partial charge in [0, 0.05) is 5.69 Å². The van der Waals surface area contributed by atoms with Gasteiger partial charge in [-0.2, -0.15) is 8.78 Å². The molecular weight excluding hydrogens is 292 g/mol. The van der Waals surface area contributed by atoms with Gasteiger partial charge in [0.05, 0.1) is 7.11 Å². The van der Waals surface area contributed by atoms with Crippen LogP contribution in [-0.4, -0.2) is 23.7 Å². The lowest BCUT2D eigenvalue weighted by molar-refractivity contribution is -0.0498. The van der Waals surface area contributed by atoms with Crippen molar-refractivity contribution < 1.29 is 18.3 Å². The van der Waals surface area contributed by atoms with E-state index in [1.54, 1.807) is 12.1 Å². The molecule has 0 atom stereocenters. The van der Waals surface area contributed by atoms with E-state index in [1.165, 1.54) is 25.6 Å². The van der Waals surface area contributed by atoms with Crippen LogP contribution in [0.15, 0.2) is 30.6 Å². The number of hydrogen-bond donors (Lipinski definition) is 1. The first-order chi connectivity index (χ1) is 9.60. The van der Waals surface area contributed by atoms with Crippen LogP contribution in [0.5, 0.6) is 11.5 Å². The normalized spacial score (nSPS) is 10.4. The van der Waals surface area contributed by atoms with Gasteiger partial charge in [0.25, 0.3) is 0 Å². The fourth-order valence-electron chi connectivity index (χ4n) is 1.48. The van der Waals surface area contributed by atoms with Crippen molar-refractivity contribution in [3.8, 4) is 11.5 Å². The quantitative estimate of drug-likeness (QED) is 0.857. The lowest BCUT2D eigenvalue weighted by atomic mass is 10.3. The van der Waals surface area contributed by atoms with Gasteiger partial charge in [-0.15, -0.1) is 0 Å². The molecule has 0 aliphatic carbocycles. The van der Waals surface area contributed by atoms with Gasteiger partial charge >= 0.3 is 6.61 Å². The number of halogens is 3. The highest BCUT2D eigenvalue weighted by Crippen LogP contribution is 2.31. The first-order valence-electron chi connectivity index (χ1n) is 5.46. The third-order valence-corrected chi connectivity index (χ3v) is 2.58. The van der Waals surface area contributed by atoms with Crippen LogP contribution in [0.25, 0.3) is 0 Å². The van der Waals surface area contributed by atoms with Gasteiger partial charge in [0.15, 0.2) is 16.7 Å². The van der Waals surface area contributed by atoms with Crippen LogP contribution >= 0.6 is 11.6 Å². The average molecular weight is 302 g/mol. The van der Waals surface area contributed by atoms with E-state index in [9.17, 15) is 8.78 Å². The lowest BCUT2D eigenvalue weighted by Crippen LogP contribution is -2.02. The molecule has 1 aromatic carbocycles. The highest BCUT2D eigenvalue weighted by atomic mass is 35.5. The van der Waals surface area contributed by atoms with Crippen LogP contribution in [0, 0.1) is 0 Å². The summed E-state index contributed by atoms with van der Waals surface area (Å²) >= 11 is 5.86. The third-order valence-electron chi connectivity index (χ3n) is 2.31. The highest BCUT2D eigenvalue weighted by molar-refractivity contribution is 6.31. The average Bonchev–Trinajstić information content (AvgIpc) is 2.41. The minimum absolute atomic E-state index is 0.0678. The Kier molecular flexibility index (Phi) is 4.52. The molecule has 20 heavy (non-hydrogen) atoms. The number of ether oxygens (including phenoxy) is 2. The Bertz CT molecular complexity index is 581. The fourth-order valence-corrected chi connectivity index (χ4v) is 1.69. The molecule has 0 radical (unpaired) electrons. The summed E-state index contributed by atoms with van der Waals surface area (Å²) in [6, 6.07) is 5.94. The Labute approximate surface area is 118 Å². The smallest absolute Gasteiger partial charge is 0.387 e. The van der Waals surface area contributed by atoms with Crippen molar-refractivity contribution in [3.05, 3.63) is 35.7 Å². The van der Waals surface area contributed by atoms with E-state index in [1.807, 2.05) is 0 Å². The molecule has 0 saturated heterocycles. The van der Waals surface area contributed by atoms with E-state index < -0.39 is 6.61 Å². The van der Waals surface area contributed by atoms with E-state index in [4.69, 9.17) is 16.3 Å². The van der Waals surface area contributed by atoms with Crippen molar-refractivity contribution in [2.75, 3.05) is 12.4 Å². The van der Waals surface area contributed by atoms with Gasteiger partial charge in [-0.05, 0) is 24.3 Å². The SMILES string of the molecule is COc1c(Cl)ncnc1Nc1ccc(OC(F)F)cc1. The minimum Gasteiger partial charge on any atom is -0.490 e. The Hall–Kier alpha value is -2.15. The van der Waals surface area contributed by atoms with E-state index in [-0.39, 0.29) is 10.9 Å². The van der Waals surface area contributed by atoms with Gasteiger partial charge in [-0.25, -0.2) is 9.97 Å². The number of nitrogens with zero attached hydrogens (tertiary/aromatic N) is 2. The maximum atomic E-state index is 12.0. The molecular formula is C12H10ClF2N3O2. The molecule has 1 N–H and O–H groups in total. The number of methoxy groups -OCH3 is 1. The van der Waals surface area contributed by atoms with Crippen molar-refractivity contribution in [1.82, 2.24) is 9.97 Å². The number of nitrogens with one attached hydrogen (secondary N) is 1. The van der Waals surface area contributed by atoms with Gasteiger partial charge in [-0.3, -0.25) is 0 Å². The van der Waals surface area contributed by atoms with E-state index in [0.717, 1.165) is 0 Å². The summed E-state index contributed by atoms with van der Waals surface area (Å²) in [5.74, 6) is 0.732. The second kappa shape index (κ2) is 6.33. The number of benzene rings is 1. The van der Waals surface area contributed by atoms with Gasteiger partial charge < -0.3 is 14.8 Å². The van der Waals surface area contributed by atoms with Crippen LogP contribution in [-0.2, 0) is 0 Å². The van der Waals surface area contributed by atoms with Crippen LogP contribution < -0.4 is 14.8 Å². The van der Waals surface area contributed by atoms with Crippen LogP contribution in [0.3, 0.4) is 0 Å². The van der Waals surface area contributed by atoms with Gasteiger partial charge in [0.2, 0.25) is 0 Å². The molecule has 0 spiro atoms.